The second-order valence-electron chi connectivity index (χ2n) is 8.87. The van der Waals surface area contributed by atoms with Crippen molar-refractivity contribution in [2.75, 3.05) is 40.0 Å². The number of carbonyl (C=O) groups is 1. The number of hydrogen-bond donors (Lipinski definition) is 1. The quantitative estimate of drug-likeness (QED) is 0.403. The molecule has 1 saturated heterocycles. The van der Waals surface area contributed by atoms with Gasteiger partial charge >= 0.3 is 0 Å². The van der Waals surface area contributed by atoms with Gasteiger partial charge in [-0.3, -0.25) is 4.79 Å². The van der Waals surface area contributed by atoms with E-state index in [9.17, 15) is 4.79 Å². The van der Waals surface area contributed by atoms with E-state index in [4.69, 9.17) is 18.9 Å². The van der Waals surface area contributed by atoms with E-state index >= 15 is 0 Å². The summed E-state index contributed by atoms with van der Waals surface area (Å²) in [5.74, 6) is 2.13. The van der Waals surface area contributed by atoms with Crippen molar-refractivity contribution in [1.82, 2.24) is 9.88 Å². The van der Waals surface area contributed by atoms with Crippen LogP contribution in [0.4, 0.5) is 0 Å². The largest absolute Gasteiger partial charge is 0.493 e. The Balaban J connectivity index is 1.21. The van der Waals surface area contributed by atoms with Crippen molar-refractivity contribution >= 4 is 27.7 Å². The van der Waals surface area contributed by atoms with Crippen LogP contribution in [-0.2, 0) is 9.53 Å². The molecule has 35 heavy (non-hydrogen) atoms. The molecule has 4 aromatic rings. The summed E-state index contributed by atoms with van der Waals surface area (Å²) >= 11 is 0. The molecular weight excluding hydrogens is 444 g/mol. The van der Waals surface area contributed by atoms with Crippen LogP contribution in [0.2, 0.25) is 0 Å². The van der Waals surface area contributed by atoms with Crippen LogP contribution in [-0.4, -0.2) is 61.9 Å². The Labute approximate surface area is 204 Å². The van der Waals surface area contributed by atoms with Gasteiger partial charge in [-0.05, 0) is 55.3 Å². The lowest BCUT2D eigenvalue weighted by atomic mass is 10.1. The van der Waals surface area contributed by atoms with Crippen molar-refractivity contribution in [2.45, 2.75) is 20.0 Å². The molecule has 1 aliphatic heterocycles. The van der Waals surface area contributed by atoms with E-state index in [0.29, 0.717) is 37.8 Å². The van der Waals surface area contributed by atoms with E-state index in [1.807, 2.05) is 56.3 Å². The number of rotatable bonds is 8. The van der Waals surface area contributed by atoms with Crippen molar-refractivity contribution in [3.8, 4) is 17.2 Å². The number of benzene rings is 3. The van der Waals surface area contributed by atoms with Crippen molar-refractivity contribution in [3.05, 3.63) is 65.7 Å². The lowest BCUT2D eigenvalue weighted by Gasteiger charge is -2.32. The number of aromatic nitrogens is 1. The molecule has 1 aromatic heterocycles. The minimum absolute atomic E-state index is 0.0400. The Hall–Kier alpha value is -3.71. The van der Waals surface area contributed by atoms with Gasteiger partial charge in [-0.25, -0.2) is 0 Å². The van der Waals surface area contributed by atoms with Crippen molar-refractivity contribution in [3.63, 3.8) is 0 Å². The number of nitrogens with one attached hydrogen (secondary N) is 1. The summed E-state index contributed by atoms with van der Waals surface area (Å²) in [4.78, 5) is 17.6. The van der Waals surface area contributed by atoms with Gasteiger partial charge in [0.2, 0.25) is 5.91 Å². The van der Waals surface area contributed by atoms with Gasteiger partial charge in [-0.15, -0.1) is 0 Å². The number of aromatic amines is 1. The van der Waals surface area contributed by atoms with E-state index < -0.39 is 0 Å². The van der Waals surface area contributed by atoms with Crippen LogP contribution in [0.25, 0.3) is 21.8 Å². The van der Waals surface area contributed by atoms with E-state index in [1.54, 1.807) is 12.0 Å². The summed E-state index contributed by atoms with van der Waals surface area (Å²) in [6.45, 7) is 5.76. The van der Waals surface area contributed by atoms with Crippen LogP contribution in [0.15, 0.2) is 54.6 Å². The molecule has 1 fully saturated rings. The molecule has 5 rings (SSSR count). The molecule has 0 bridgehead atoms. The zero-order valence-electron chi connectivity index (χ0n) is 20.3. The Bertz CT molecular complexity index is 1360. The number of morpholine rings is 1. The van der Waals surface area contributed by atoms with Crippen LogP contribution >= 0.6 is 0 Å². The number of para-hydroxylation sites is 1. The minimum Gasteiger partial charge on any atom is -0.493 e. The summed E-state index contributed by atoms with van der Waals surface area (Å²) in [5.41, 5.74) is 4.38. The third-order valence-electron chi connectivity index (χ3n) is 6.53. The van der Waals surface area contributed by atoms with Gasteiger partial charge < -0.3 is 28.8 Å². The number of amides is 1. The summed E-state index contributed by atoms with van der Waals surface area (Å²) in [5, 5.41) is 2.18. The predicted molar refractivity (Wildman–Crippen MR) is 136 cm³/mol. The molecule has 1 unspecified atom stereocenters. The number of hydrogen-bond acceptors (Lipinski definition) is 5. The number of nitrogens with zero attached hydrogens (tertiary/aromatic N) is 1. The first-order valence-corrected chi connectivity index (χ1v) is 11.8. The fraction of sp³-hybridized carbons (Fsp3) is 0.321. The van der Waals surface area contributed by atoms with Crippen LogP contribution < -0.4 is 14.2 Å². The molecule has 0 aliphatic carbocycles. The maximum atomic E-state index is 12.4. The second kappa shape index (κ2) is 9.88. The van der Waals surface area contributed by atoms with Gasteiger partial charge in [-0.1, -0.05) is 24.3 Å². The third kappa shape index (κ3) is 4.77. The fourth-order valence-corrected chi connectivity index (χ4v) is 4.47. The molecular formula is C28H30N2O5. The smallest absolute Gasteiger partial charge is 0.248 e. The van der Waals surface area contributed by atoms with Crippen molar-refractivity contribution in [1.29, 1.82) is 0 Å². The first-order chi connectivity index (χ1) is 17.0. The van der Waals surface area contributed by atoms with Gasteiger partial charge in [0.05, 0.1) is 25.7 Å². The van der Waals surface area contributed by atoms with Crippen molar-refractivity contribution in [2.24, 2.45) is 0 Å². The van der Waals surface area contributed by atoms with E-state index in [2.05, 4.69) is 17.1 Å². The van der Waals surface area contributed by atoms with Gasteiger partial charge in [0.15, 0.2) is 11.5 Å². The van der Waals surface area contributed by atoms with Crippen LogP contribution in [0.3, 0.4) is 0 Å². The minimum atomic E-state index is -0.218. The van der Waals surface area contributed by atoms with Crippen LogP contribution in [0.1, 0.15) is 11.1 Å². The second-order valence-corrected chi connectivity index (χ2v) is 8.87. The molecule has 0 spiro atoms. The maximum Gasteiger partial charge on any atom is 0.248 e. The lowest BCUT2D eigenvalue weighted by Crippen LogP contribution is -2.49. The van der Waals surface area contributed by atoms with E-state index in [0.717, 1.165) is 38.7 Å². The van der Waals surface area contributed by atoms with Gasteiger partial charge in [-0.2, -0.15) is 0 Å². The first-order valence-electron chi connectivity index (χ1n) is 11.8. The van der Waals surface area contributed by atoms with Gasteiger partial charge in [0.25, 0.3) is 0 Å². The van der Waals surface area contributed by atoms with Crippen LogP contribution in [0, 0.1) is 13.8 Å². The average molecular weight is 475 g/mol. The highest BCUT2D eigenvalue weighted by Crippen LogP contribution is 2.33. The molecule has 1 amide bonds. The number of methoxy groups -OCH3 is 1. The maximum absolute atomic E-state index is 12.4. The topological polar surface area (TPSA) is 73.0 Å². The third-order valence-corrected chi connectivity index (χ3v) is 6.53. The molecule has 182 valence electrons. The molecule has 0 radical (unpaired) electrons. The summed E-state index contributed by atoms with van der Waals surface area (Å²) in [6.07, 6.45) is -0.218. The molecule has 1 atom stereocenters. The molecule has 0 saturated carbocycles. The normalized spacial score (nSPS) is 16.1. The van der Waals surface area contributed by atoms with Gasteiger partial charge in [0, 0.05) is 16.3 Å². The van der Waals surface area contributed by atoms with E-state index in [-0.39, 0.29) is 18.6 Å². The standard InChI is InChI=1S/C28H30N2O5/c1-18-13-25(32-3)26(14-19(18)2)33-12-11-30-15-20(34-17-27(30)31)16-35-24-10-6-9-23-28(24)21-7-4-5-8-22(21)29-23/h4-10,13-14,20,29H,11-12,15-17H2,1-3H3. The highest BCUT2D eigenvalue weighted by molar-refractivity contribution is 6.10. The summed E-state index contributed by atoms with van der Waals surface area (Å²) in [6, 6.07) is 18.1. The Morgan fingerprint density at radius 1 is 0.971 bits per heavy atom. The summed E-state index contributed by atoms with van der Waals surface area (Å²) < 4.78 is 23.4. The lowest BCUT2D eigenvalue weighted by molar-refractivity contribution is -0.150. The highest BCUT2D eigenvalue weighted by atomic mass is 16.5. The van der Waals surface area contributed by atoms with Gasteiger partial charge in [0.1, 0.15) is 31.7 Å². The monoisotopic (exact) mass is 474 g/mol. The number of carbonyl (C=O) groups excluding carboxylic acids is 1. The fourth-order valence-electron chi connectivity index (χ4n) is 4.47. The molecule has 1 N–H and O–H groups in total. The van der Waals surface area contributed by atoms with E-state index in [1.165, 1.54) is 0 Å². The van der Waals surface area contributed by atoms with Crippen molar-refractivity contribution < 1.29 is 23.7 Å². The first kappa shape index (κ1) is 23.1. The highest BCUT2D eigenvalue weighted by Gasteiger charge is 2.27. The number of aryl methyl sites for hydroxylation is 2. The Kier molecular flexibility index (Phi) is 6.51. The number of ether oxygens (including phenoxy) is 4. The average Bonchev–Trinajstić information content (AvgIpc) is 3.25. The molecule has 7 nitrogen and oxygen atoms in total. The molecule has 7 heteroatoms. The molecule has 1 aliphatic rings. The van der Waals surface area contributed by atoms with Crippen LogP contribution in [0.5, 0.6) is 17.2 Å². The zero-order valence-corrected chi connectivity index (χ0v) is 20.3. The number of H-pyrrole nitrogens is 1. The summed E-state index contributed by atoms with van der Waals surface area (Å²) in [7, 11) is 1.63. The zero-order chi connectivity index (χ0) is 24.4. The predicted octanol–water partition coefficient (Wildman–Crippen LogP) is 4.63. The molecule has 3 aromatic carbocycles. The Morgan fingerprint density at radius 2 is 1.74 bits per heavy atom. The SMILES string of the molecule is COc1cc(C)c(C)cc1OCCN1CC(COc2cccc3[nH]c4ccccc4c23)OCC1=O. The Morgan fingerprint density at radius 3 is 2.57 bits per heavy atom. The molecule has 2 heterocycles. The number of fused-ring (bicyclic) bond motifs is 3.